The fraction of sp³-hybridized carbons (Fsp3) is 0.400. The van der Waals surface area contributed by atoms with Crippen LogP contribution in [-0.4, -0.2) is 7.11 Å². The molecule has 0 atom stereocenters. The molecular formula is C10H13FO. The smallest absolute Gasteiger partial charge is 0.119 e. The number of aryl methyl sites for hydroxylation is 1. The maximum atomic E-state index is 12.4. The molecule has 2 heteroatoms. The quantitative estimate of drug-likeness (QED) is 0.659. The maximum Gasteiger partial charge on any atom is 0.119 e. The van der Waals surface area contributed by atoms with Crippen molar-refractivity contribution in [1.29, 1.82) is 0 Å². The van der Waals surface area contributed by atoms with Gasteiger partial charge >= 0.3 is 0 Å². The van der Waals surface area contributed by atoms with E-state index in [0.29, 0.717) is 5.56 Å². The van der Waals surface area contributed by atoms with Crippen molar-refractivity contribution in [3.05, 3.63) is 28.8 Å². The predicted molar refractivity (Wildman–Crippen MR) is 47.3 cm³/mol. The fourth-order valence-electron chi connectivity index (χ4n) is 1.15. The van der Waals surface area contributed by atoms with Gasteiger partial charge in [-0.25, -0.2) is 4.39 Å². The van der Waals surface area contributed by atoms with E-state index in [4.69, 9.17) is 4.74 Å². The lowest BCUT2D eigenvalue weighted by Crippen LogP contribution is -1.92. The first kappa shape index (κ1) is 9.04. The molecule has 0 aromatic heterocycles. The largest absolute Gasteiger partial charge is 0.497 e. The van der Waals surface area contributed by atoms with Gasteiger partial charge in [0.25, 0.3) is 0 Å². The van der Waals surface area contributed by atoms with Gasteiger partial charge in [0.1, 0.15) is 12.4 Å². The third kappa shape index (κ3) is 1.58. The van der Waals surface area contributed by atoms with Crippen LogP contribution in [0.15, 0.2) is 12.1 Å². The van der Waals surface area contributed by atoms with Crippen LogP contribution < -0.4 is 4.74 Å². The van der Waals surface area contributed by atoms with Crippen LogP contribution in [0.3, 0.4) is 0 Å². The molecule has 0 heterocycles. The van der Waals surface area contributed by atoms with Crippen LogP contribution in [0.4, 0.5) is 4.39 Å². The second-order valence-corrected chi connectivity index (χ2v) is 2.86. The standard InChI is InChI=1S/C10H13FO/c1-7-4-10(12-3)5-9(6-11)8(7)2/h4-5H,6H2,1-3H3. The Hall–Kier alpha value is -1.05. The number of hydrogen-bond acceptors (Lipinski definition) is 1. The maximum absolute atomic E-state index is 12.4. The Balaban J connectivity index is 3.19. The van der Waals surface area contributed by atoms with Crippen LogP contribution >= 0.6 is 0 Å². The van der Waals surface area contributed by atoms with Crippen molar-refractivity contribution in [2.75, 3.05) is 7.11 Å². The molecule has 0 spiro atoms. The molecule has 1 rings (SSSR count). The summed E-state index contributed by atoms with van der Waals surface area (Å²) >= 11 is 0. The van der Waals surface area contributed by atoms with E-state index in [1.165, 1.54) is 0 Å². The van der Waals surface area contributed by atoms with Gasteiger partial charge in [-0.15, -0.1) is 0 Å². The molecule has 0 bridgehead atoms. The minimum atomic E-state index is -0.427. The van der Waals surface area contributed by atoms with E-state index >= 15 is 0 Å². The summed E-state index contributed by atoms with van der Waals surface area (Å²) in [5.74, 6) is 0.728. The molecule has 0 radical (unpaired) electrons. The summed E-state index contributed by atoms with van der Waals surface area (Å²) in [6, 6.07) is 3.65. The van der Waals surface area contributed by atoms with Crippen LogP contribution in [0.2, 0.25) is 0 Å². The van der Waals surface area contributed by atoms with Crippen molar-refractivity contribution < 1.29 is 9.13 Å². The molecule has 0 amide bonds. The van der Waals surface area contributed by atoms with Gasteiger partial charge in [-0.2, -0.15) is 0 Å². The molecular weight excluding hydrogens is 155 g/mol. The number of hydrogen-bond donors (Lipinski definition) is 0. The molecule has 12 heavy (non-hydrogen) atoms. The monoisotopic (exact) mass is 168 g/mol. The lowest BCUT2D eigenvalue weighted by atomic mass is 10.0. The van der Waals surface area contributed by atoms with E-state index < -0.39 is 6.67 Å². The number of ether oxygens (including phenoxy) is 1. The molecule has 0 saturated heterocycles. The number of benzene rings is 1. The summed E-state index contributed by atoms with van der Waals surface area (Å²) in [7, 11) is 1.59. The highest BCUT2D eigenvalue weighted by atomic mass is 19.1. The summed E-state index contributed by atoms with van der Waals surface area (Å²) in [4.78, 5) is 0. The van der Waals surface area contributed by atoms with Crippen molar-refractivity contribution in [3.8, 4) is 5.75 Å². The number of halogens is 1. The van der Waals surface area contributed by atoms with Crippen molar-refractivity contribution >= 4 is 0 Å². The van der Waals surface area contributed by atoms with E-state index in [1.807, 2.05) is 19.9 Å². The Labute approximate surface area is 72.2 Å². The first-order chi connectivity index (χ1) is 5.69. The zero-order valence-electron chi connectivity index (χ0n) is 7.65. The van der Waals surface area contributed by atoms with Crippen molar-refractivity contribution in [2.24, 2.45) is 0 Å². The topological polar surface area (TPSA) is 9.23 Å². The van der Waals surface area contributed by atoms with Crippen molar-refractivity contribution in [2.45, 2.75) is 20.5 Å². The molecule has 1 aromatic carbocycles. The second kappa shape index (κ2) is 3.57. The molecule has 0 fully saturated rings. The van der Waals surface area contributed by atoms with Gasteiger partial charge < -0.3 is 4.74 Å². The van der Waals surface area contributed by atoms with Gasteiger partial charge in [0, 0.05) is 0 Å². The first-order valence-corrected chi connectivity index (χ1v) is 3.89. The highest BCUT2D eigenvalue weighted by Crippen LogP contribution is 2.21. The Kier molecular flexibility index (Phi) is 2.69. The lowest BCUT2D eigenvalue weighted by Gasteiger charge is -2.08. The molecule has 0 saturated carbocycles. The summed E-state index contributed by atoms with van der Waals surface area (Å²) in [5, 5.41) is 0. The third-order valence-electron chi connectivity index (χ3n) is 2.13. The molecule has 1 nitrogen and oxygen atoms in total. The summed E-state index contributed by atoms with van der Waals surface area (Å²) in [6.07, 6.45) is 0. The molecule has 66 valence electrons. The van der Waals surface area contributed by atoms with Crippen LogP contribution in [0.5, 0.6) is 5.75 Å². The Bertz CT molecular complexity index is 281. The van der Waals surface area contributed by atoms with Crippen LogP contribution in [0.1, 0.15) is 16.7 Å². The van der Waals surface area contributed by atoms with Crippen LogP contribution in [-0.2, 0) is 6.67 Å². The van der Waals surface area contributed by atoms with Gasteiger partial charge in [-0.3, -0.25) is 0 Å². The fourth-order valence-corrected chi connectivity index (χ4v) is 1.15. The second-order valence-electron chi connectivity index (χ2n) is 2.86. The van der Waals surface area contributed by atoms with E-state index in [-0.39, 0.29) is 0 Å². The van der Waals surface area contributed by atoms with E-state index in [1.54, 1.807) is 13.2 Å². The Morgan fingerprint density at radius 2 is 2.00 bits per heavy atom. The number of methoxy groups -OCH3 is 1. The summed E-state index contributed by atoms with van der Waals surface area (Å²) in [6.45, 7) is 3.45. The lowest BCUT2D eigenvalue weighted by molar-refractivity contribution is 0.411. The van der Waals surface area contributed by atoms with Gasteiger partial charge in [0.2, 0.25) is 0 Å². The molecule has 0 unspecified atom stereocenters. The van der Waals surface area contributed by atoms with Crippen molar-refractivity contribution in [3.63, 3.8) is 0 Å². The summed E-state index contributed by atoms with van der Waals surface area (Å²) in [5.41, 5.74) is 2.80. The van der Waals surface area contributed by atoms with Crippen LogP contribution in [0, 0.1) is 13.8 Å². The highest BCUT2D eigenvalue weighted by Gasteiger charge is 2.03. The molecule has 0 aliphatic heterocycles. The van der Waals surface area contributed by atoms with Crippen LogP contribution in [0.25, 0.3) is 0 Å². The first-order valence-electron chi connectivity index (χ1n) is 3.89. The Morgan fingerprint density at radius 1 is 1.33 bits per heavy atom. The van der Waals surface area contributed by atoms with Gasteiger partial charge in [-0.05, 0) is 42.7 Å². The minimum Gasteiger partial charge on any atom is -0.497 e. The van der Waals surface area contributed by atoms with E-state index in [2.05, 4.69) is 0 Å². The number of alkyl halides is 1. The molecule has 1 aromatic rings. The summed E-state index contributed by atoms with van der Waals surface area (Å²) < 4.78 is 17.5. The van der Waals surface area contributed by atoms with E-state index in [0.717, 1.165) is 16.9 Å². The SMILES string of the molecule is COc1cc(C)c(C)c(CF)c1. The average molecular weight is 168 g/mol. The van der Waals surface area contributed by atoms with Gasteiger partial charge in [-0.1, -0.05) is 0 Å². The highest BCUT2D eigenvalue weighted by molar-refractivity contribution is 5.40. The van der Waals surface area contributed by atoms with Crippen molar-refractivity contribution in [1.82, 2.24) is 0 Å². The third-order valence-corrected chi connectivity index (χ3v) is 2.13. The van der Waals surface area contributed by atoms with Gasteiger partial charge in [0.05, 0.1) is 7.11 Å². The normalized spacial score (nSPS) is 10.0. The molecule has 0 aliphatic carbocycles. The molecule has 0 N–H and O–H groups in total. The van der Waals surface area contributed by atoms with Gasteiger partial charge in [0.15, 0.2) is 0 Å². The Morgan fingerprint density at radius 3 is 2.50 bits per heavy atom. The predicted octanol–water partition coefficient (Wildman–Crippen LogP) is 2.78. The zero-order valence-corrected chi connectivity index (χ0v) is 7.65. The number of rotatable bonds is 2. The van der Waals surface area contributed by atoms with E-state index in [9.17, 15) is 4.39 Å². The average Bonchev–Trinajstić information content (AvgIpc) is 2.09. The molecule has 0 aliphatic rings. The zero-order chi connectivity index (χ0) is 9.14. The minimum absolute atomic E-state index is 0.427.